The van der Waals surface area contributed by atoms with Gasteiger partial charge in [0.05, 0.1) is 18.3 Å². The van der Waals surface area contributed by atoms with Crippen LogP contribution in [-0.4, -0.2) is 41.3 Å². The lowest BCUT2D eigenvalue weighted by Gasteiger charge is -2.40. The number of nitrogens with one attached hydrogen (secondary N) is 1. The number of aromatic nitrogens is 2. The topological polar surface area (TPSA) is 93.6 Å². The number of rotatable bonds is 5. The predicted molar refractivity (Wildman–Crippen MR) is 108 cm³/mol. The molecule has 27 heavy (non-hydrogen) atoms. The molecule has 1 aliphatic heterocycles. The zero-order valence-electron chi connectivity index (χ0n) is 17.7. The molecule has 2 rings (SSSR count). The second-order valence-corrected chi connectivity index (χ2v) is 14.0. The van der Waals surface area contributed by atoms with Crippen LogP contribution in [0.3, 0.4) is 0 Å². The largest absolute Gasteiger partial charge is 0.411 e. The molecule has 5 atom stereocenters. The number of aliphatic hydroxyl groups excluding tert-OH is 1. The number of H-pyrrole nitrogens is 1. The first-order chi connectivity index (χ1) is 12.2. The summed E-state index contributed by atoms with van der Waals surface area (Å²) < 4.78 is 14.2. The monoisotopic (exact) mass is 398 g/mol. The molecule has 1 aromatic heterocycles. The van der Waals surface area contributed by atoms with E-state index in [1.54, 1.807) is 13.8 Å². The van der Waals surface area contributed by atoms with E-state index >= 15 is 0 Å². The van der Waals surface area contributed by atoms with Crippen LogP contribution in [0.5, 0.6) is 0 Å². The highest BCUT2D eigenvalue weighted by Gasteiger charge is 2.47. The molecule has 2 N–H and O–H groups in total. The van der Waals surface area contributed by atoms with E-state index in [2.05, 4.69) is 38.8 Å². The van der Waals surface area contributed by atoms with Crippen molar-refractivity contribution in [2.75, 3.05) is 0 Å². The van der Waals surface area contributed by atoms with E-state index in [0.29, 0.717) is 12.0 Å². The lowest BCUT2D eigenvalue weighted by Crippen LogP contribution is -2.47. The molecule has 0 aliphatic carbocycles. The number of ether oxygens (including phenoxy) is 1. The van der Waals surface area contributed by atoms with E-state index in [1.807, 2.05) is 6.92 Å². The van der Waals surface area contributed by atoms with Crippen LogP contribution in [-0.2, 0) is 9.16 Å². The van der Waals surface area contributed by atoms with Gasteiger partial charge in [0.25, 0.3) is 5.56 Å². The summed E-state index contributed by atoms with van der Waals surface area (Å²) in [6, 6.07) is 0. The minimum absolute atomic E-state index is 0.0368. The van der Waals surface area contributed by atoms with Gasteiger partial charge in [-0.2, -0.15) is 0 Å². The van der Waals surface area contributed by atoms with Crippen molar-refractivity contribution < 1.29 is 14.3 Å². The Morgan fingerprint density at radius 1 is 1.33 bits per heavy atom. The molecule has 0 amide bonds. The van der Waals surface area contributed by atoms with Crippen molar-refractivity contribution in [3.05, 3.63) is 32.6 Å². The number of hydrogen-bond acceptors (Lipinski definition) is 5. The van der Waals surface area contributed by atoms with Crippen molar-refractivity contribution >= 4 is 8.32 Å². The van der Waals surface area contributed by atoms with Gasteiger partial charge in [-0.15, -0.1) is 0 Å². The summed E-state index contributed by atoms with van der Waals surface area (Å²) in [5.74, 6) is -0.149. The van der Waals surface area contributed by atoms with E-state index < -0.39 is 31.9 Å². The highest BCUT2D eigenvalue weighted by Crippen LogP contribution is 2.42. The summed E-state index contributed by atoms with van der Waals surface area (Å²) >= 11 is 0. The van der Waals surface area contributed by atoms with E-state index in [9.17, 15) is 14.7 Å². The van der Waals surface area contributed by atoms with Gasteiger partial charge in [0.1, 0.15) is 6.23 Å². The fourth-order valence-corrected chi connectivity index (χ4v) is 4.38. The van der Waals surface area contributed by atoms with Gasteiger partial charge in [0, 0.05) is 24.1 Å². The number of aliphatic hydroxyl groups is 1. The highest BCUT2D eigenvalue weighted by molar-refractivity contribution is 6.74. The summed E-state index contributed by atoms with van der Waals surface area (Å²) in [5.41, 5.74) is -0.434. The van der Waals surface area contributed by atoms with Crippen LogP contribution in [0.4, 0.5) is 0 Å². The van der Waals surface area contributed by atoms with Crippen LogP contribution < -0.4 is 11.2 Å². The third-order valence-corrected chi connectivity index (χ3v) is 10.6. The average Bonchev–Trinajstić information content (AvgIpc) is 2.91. The van der Waals surface area contributed by atoms with Crippen molar-refractivity contribution in [3.8, 4) is 0 Å². The highest BCUT2D eigenvalue weighted by atomic mass is 28.4. The smallest absolute Gasteiger partial charge is 0.330 e. The molecule has 0 saturated carbocycles. The first-order valence-corrected chi connectivity index (χ1v) is 12.5. The molecule has 1 fully saturated rings. The minimum atomic E-state index is -2.06. The molecule has 0 spiro atoms. The van der Waals surface area contributed by atoms with Crippen LogP contribution in [0.25, 0.3) is 0 Å². The Morgan fingerprint density at radius 3 is 2.44 bits per heavy atom. The molecule has 0 aromatic carbocycles. The molecule has 2 unspecified atom stereocenters. The Morgan fingerprint density at radius 2 is 1.93 bits per heavy atom. The van der Waals surface area contributed by atoms with Crippen molar-refractivity contribution in [3.63, 3.8) is 0 Å². The molecule has 1 aliphatic rings. The second-order valence-electron chi connectivity index (χ2n) is 9.29. The number of hydrogen-bond donors (Lipinski definition) is 2. The molecule has 7 nitrogen and oxygen atoms in total. The van der Waals surface area contributed by atoms with Gasteiger partial charge in [0.2, 0.25) is 0 Å². The number of aryl methyl sites for hydroxylation is 1. The first kappa shape index (κ1) is 22.1. The lowest BCUT2D eigenvalue weighted by atomic mass is 9.95. The Bertz CT molecular complexity index is 778. The second kappa shape index (κ2) is 7.65. The average molecular weight is 399 g/mol. The summed E-state index contributed by atoms with van der Waals surface area (Å²) in [7, 11) is -2.06. The Kier molecular flexibility index (Phi) is 6.26. The maximum atomic E-state index is 12.3. The van der Waals surface area contributed by atoms with Crippen LogP contribution in [0, 0.1) is 12.8 Å². The van der Waals surface area contributed by atoms with E-state index in [4.69, 9.17) is 9.16 Å². The molecule has 1 saturated heterocycles. The molecular weight excluding hydrogens is 364 g/mol. The van der Waals surface area contributed by atoms with Crippen LogP contribution in [0.2, 0.25) is 18.1 Å². The van der Waals surface area contributed by atoms with Crippen LogP contribution >= 0.6 is 0 Å². The maximum absolute atomic E-state index is 12.3. The van der Waals surface area contributed by atoms with Gasteiger partial charge in [-0.25, -0.2) is 4.79 Å². The minimum Gasteiger partial charge on any atom is -0.411 e. The molecule has 8 heteroatoms. The summed E-state index contributed by atoms with van der Waals surface area (Å²) in [5, 5.41) is 10.1. The Balaban J connectivity index is 2.37. The molecule has 154 valence electrons. The molecule has 2 heterocycles. The van der Waals surface area contributed by atoms with Gasteiger partial charge >= 0.3 is 5.69 Å². The standard InChI is InChI=1S/C19H34N2O5Si/c1-11-10-21(18(24)20-17(11)23)15-9-14(16(25-15)12(2)13(3)22)26-27(7,8)19(4,5)6/h10,12-16,22H,9H2,1-8H3,(H,20,23,24)/t12-,13?,14?,15-,16-/m1/s1. The third kappa shape index (κ3) is 4.61. The fourth-order valence-electron chi connectivity index (χ4n) is 3.04. The van der Waals surface area contributed by atoms with Gasteiger partial charge in [0.15, 0.2) is 8.32 Å². The van der Waals surface area contributed by atoms with E-state index in [0.717, 1.165) is 0 Å². The number of nitrogens with zero attached hydrogens (tertiary/aromatic N) is 1. The Hall–Kier alpha value is -1.22. The van der Waals surface area contributed by atoms with Gasteiger partial charge in [-0.3, -0.25) is 14.3 Å². The Labute approximate surface area is 161 Å². The maximum Gasteiger partial charge on any atom is 0.330 e. The van der Waals surface area contributed by atoms with Gasteiger partial charge < -0.3 is 14.3 Å². The molecular formula is C19H34N2O5Si. The summed E-state index contributed by atoms with van der Waals surface area (Å²) in [6.07, 6.45) is 0.384. The SMILES string of the molecule is Cc1cn([C@H]2CC(O[Si](C)(C)C(C)(C)C)[C@@H]([C@H](C)C(C)O)O2)c(=O)[nH]c1=O. The normalized spacial score (nSPS) is 26.2. The van der Waals surface area contributed by atoms with Crippen LogP contribution in [0.15, 0.2) is 15.8 Å². The fraction of sp³-hybridized carbons (Fsp3) is 0.789. The number of aromatic amines is 1. The summed E-state index contributed by atoms with van der Waals surface area (Å²) in [6.45, 7) is 16.2. The third-order valence-electron chi connectivity index (χ3n) is 6.10. The molecule has 1 aromatic rings. The van der Waals surface area contributed by atoms with E-state index in [-0.39, 0.29) is 23.2 Å². The van der Waals surface area contributed by atoms with Gasteiger partial charge in [-0.1, -0.05) is 27.7 Å². The zero-order chi connectivity index (χ0) is 20.7. The van der Waals surface area contributed by atoms with Crippen LogP contribution in [0.1, 0.15) is 52.8 Å². The lowest BCUT2D eigenvalue weighted by molar-refractivity contribution is -0.0703. The van der Waals surface area contributed by atoms with Gasteiger partial charge in [-0.05, 0) is 32.0 Å². The van der Waals surface area contributed by atoms with Crippen molar-refractivity contribution in [2.24, 2.45) is 5.92 Å². The van der Waals surface area contributed by atoms with Crippen molar-refractivity contribution in [1.29, 1.82) is 0 Å². The van der Waals surface area contributed by atoms with E-state index in [1.165, 1.54) is 10.8 Å². The zero-order valence-corrected chi connectivity index (χ0v) is 18.7. The molecule has 0 radical (unpaired) electrons. The predicted octanol–water partition coefficient (Wildman–Crippen LogP) is 2.54. The summed E-state index contributed by atoms with van der Waals surface area (Å²) in [4.78, 5) is 26.3. The van der Waals surface area contributed by atoms with Crippen molar-refractivity contribution in [2.45, 2.75) is 90.6 Å². The molecule has 0 bridgehead atoms. The quantitative estimate of drug-likeness (QED) is 0.744. The first-order valence-electron chi connectivity index (χ1n) is 9.58. The van der Waals surface area contributed by atoms with Crippen molar-refractivity contribution in [1.82, 2.24) is 9.55 Å².